The van der Waals surface area contributed by atoms with Crippen LogP contribution in [0.3, 0.4) is 0 Å². The number of nitrogens with zero attached hydrogens (tertiary/aromatic N) is 2. The van der Waals surface area contributed by atoms with E-state index in [0.717, 1.165) is 19.5 Å². The van der Waals surface area contributed by atoms with Crippen LogP contribution in [0, 0.1) is 21.4 Å². The van der Waals surface area contributed by atoms with Crippen LogP contribution < -0.4 is 10.6 Å². The Morgan fingerprint density at radius 3 is 2.62 bits per heavy atom. The number of nitro groups is 1. The summed E-state index contributed by atoms with van der Waals surface area (Å²) < 4.78 is 0. The van der Waals surface area contributed by atoms with Gasteiger partial charge >= 0.3 is 5.69 Å². The molecule has 1 saturated carbocycles. The van der Waals surface area contributed by atoms with Crippen LogP contribution in [-0.4, -0.2) is 23.0 Å². The molecule has 1 aliphatic rings. The monoisotopic (exact) mass is 292 g/mol. The summed E-state index contributed by atoms with van der Waals surface area (Å²) in [5.74, 6) is 1.62. The third kappa shape index (κ3) is 3.62. The molecule has 1 heterocycles. The summed E-state index contributed by atoms with van der Waals surface area (Å²) in [5.41, 5.74) is 0.319. The van der Waals surface area contributed by atoms with E-state index >= 15 is 0 Å². The molecule has 6 nitrogen and oxygen atoms in total. The number of hydrogen-bond donors (Lipinski definition) is 2. The van der Waals surface area contributed by atoms with Gasteiger partial charge in [-0.1, -0.05) is 20.8 Å². The van der Waals surface area contributed by atoms with E-state index < -0.39 is 0 Å². The van der Waals surface area contributed by atoms with E-state index in [2.05, 4.69) is 36.4 Å². The maximum atomic E-state index is 11.1. The zero-order valence-electron chi connectivity index (χ0n) is 13.0. The quantitative estimate of drug-likeness (QED) is 0.564. The molecule has 0 bridgehead atoms. The van der Waals surface area contributed by atoms with E-state index in [1.165, 1.54) is 18.9 Å². The van der Waals surface area contributed by atoms with Crippen LogP contribution in [0.4, 0.5) is 17.3 Å². The van der Waals surface area contributed by atoms with Gasteiger partial charge in [-0.3, -0.25) is 10.1 Å². The van der Waals surface area contributed by atoms with Gasteiger partial charge in [0.1, 0.15) is 5.82 Å². The van der Waals surface area contributed by atoms with Crippen LogP contribution in [0.1, 0.15) is 40.0 Å². The van der Waals surface area contributed by atoms with Crippen molar-refractivity contribution in [3.8, 4) is 0 Å². The number of anilines is 2. The minimum Gasteiger partial charge on any atom is -0.370 e. The Morgan fingerprint density at radius 1 is 1.38 bits per heavy atom. The van der Waals surface area contributed by atoms with Gasteiger partial charge in [-0.15, -0.1) is 0 Å². The van der Waals surface area contributed by atoms with Gasteiger partial charge in [-0.25, -0.2) is 4.98 Å². The molecule has 0 aliphatic heterocycles. The highest BCUT2D eigenvalue weighted by molar-refractivity contribution is 5.60. The third-order valence-electron chi connectivity index (χ3n) is 4.35. The molecule has 0 saturated heterocycles. The van der Waals surface area contributed by atoms with Gasteiger partial charge in [-0.05, 0) is 36.7 Å². The van der Waals surface area contributed by atoms with Crippen molar-refractivity contribution in [1.82, 2.24) is 4.98 Å². The molecule has 1 aromatic rings. The summed E-state index contributed by atoms with van der Waals surface area (Å²) in [6.07, 6.45) is 3.34. The Labute approximate surface area is 125 Å². The lowest BCUT2D eigenvalue weighted by molar-refractivity contribution is -0.384. The molecule has 2 N–H and O–H groups in total. The molecule has 0 atom stereocenters. The van der Waals surface area contributed by atoms with Crippen LogP contribution in [0.5, 0.6) is 0 Å². The summed E-state index contributed by atoms with van der Waals surface area (Å²) in [4.78, 5) is 15.1. The summed E-state index contributed by atoms with van der Waals surface area (Å²) in [6.45, 7) is 8.03. The molecule has 116 valence electrons. The molecule has 0 unspecified atom stereocenters. The SMILES string of the molecule is CCCNc1ccc([N+](=O)[O-])c(NCC2(C(C)C)CC2)n1. The molecule has 0 amide bonds. The zero-order chi connectivity index (χ0) is 15.5. The lowest BCUT2D eigenvalue weighted by Crippen LogP contribution is -2.22. The van der Waals surface area contributed by atoms with Crippen LogP contribution in [0.2, 0.25) is 0 Å². The van der Waals surface area contributed by atoms with Crippen molar-refractivity contribution >= 4 is 17.3 Å². The van der Waals surface area contributed by atoms with Crippen molar-refractivity contribution in [2.45, 2.75) is 40.0 Å². The molecular weight excluding hydrogens is 268 g/mol. The molecule has 1 aliphatic carbocycles. The molecule has 1 aromatic heterocycles. The third-order valence-corrected chi connectivity index (χ3v) is 4.35. The van der Waals surface area contributed by atoms with Crippen molar-refractivity contribution in [1.29, 1.82) is 0 Å². The van der Waals surface area contributed by atoms with E-state index in [0.29, 0.717) is 17.6 Å². The Bertz CT molecular complexity index is 512. The minimum atomic E-state index is -0.381. The second-order valence-electron chi connectivity index (χ2n) is 6.12. The van der Waals surface area contributed by atoms with E-state index in [1.54, 1.807) is 6.07 Å². The van der Waals surface area contributed by atoms with Crippen LogP contribution in [0.25, 0.3) is 0 Å². The number of rotatable bonds is 8. The maximum Gasteiger partial charge on any atom is 0.311 e. The van der Waals surface area contributed by atoms with Crippen LogP contribution >= 0.6 is 0 Å². The van der Waals surface area contributed by atoms with Crippen molar-refractivity contribution < 1.29 is 4.92 Å². The Balaban J connectivity index is 2.12. The smallest absolute Gasteiger partial charge is 0.311 e. The summed E-state index contributed by atoms with van der Waals surface area (Å²) in [6, 6.07) is 3.18. The first kappa shape index (κ1) is 15.5. The number of aromatic nitrogens is 1. The fourth-order valence-electron chi connectivity index (χ4n) is 2.46. The van der Waals surface area contributed by atoms with Gasteiger partial charge in [0.25, 0.3) is 0 Å². The van der Waals surface area contributed by atoms with Gasteiger partial charge in [0.05, 0.1) is 4.92 Å². The van der Waals surface area contributed by atoms with Gasteiger partial charge in [0.15, 0.2) is 0 Å². The Hall–Kier alpha value is -1.85. The highest BCUT2D eigenvalue weighted by Gasteiger charge is 2.45. The molecule has 0 aromatic carbocycles. The largest absolute Gasteiger partial charge is 0.370 e. The first-order chi connectivity index (χ1) is 9.98. The predicted molar refractivity (Wildman–Crippen MR) is 84.7 cm³/mol. The maximum absolute atomic E-state index is 11.1. The van der Waals surface area contributed by atoms with Gasteiger partial charge < -0.3 is 10.6 Å². The average Bonchev–Trinajstić information content (AvgIpc) is 3.24. The number of pyridine rings is 1. The fraction of sp³-hybridized carbons (Fsp3) is 0.667. The number of nitrogens with one attached hydrogen (secondary N) is 2. The molecule has 2 rings (SSSR count). The number of hydrogen-bond acceptors (Lipinski definition) is 5. The molecular formula is C15H24N4O2. The second-order valence-corrected chi connectivity index (χ2v) is 6.12. The average molecular weight is 292 g/mol. The van der Waals surface area contributed by atoms with Gasteiger partial charge in [-0.2, -0.15) is 0 Å². The summed E-state index contributed by atoms with van der Waals surface area (Å²) in [7, 11) is 0. The normalized spacial score (nSPS) is 15.8. The van der Waals surface area contributed by atoms with E-state index in [4.69, 9.17) is 0 Å². The van der Waals surface area contributed by atoms with Crippen molar-refractivity contribution in [2.75, 3.05) is 23.7 Å². The van der Waals surface area contributed by atoms with Crippen molar-refractivity contribution in [2.24, 2.45) is 11.3 Å². The highest BCUT2D eigenvalue weighted by atomic mass is 16.6. The minimum absolute atomic E-state index is 0.0385. The molecule has 6 heteroatoms. The predicted octanol–water partition coefficient (Wildman–Crippen LogP) is 3.66. The van der Waals surface area contributed by atoms with E-state index in [-0.39, 0.29) is 16.0 Å². The Kier molecular flexibility index (Phi) is 4.65. The topological polar surface area (TPSA) is 80.1 Å². The Morgan fingerprint density at radius 2 is 2.10 bits per heavy atom. The highest BCUT2D eigenvalue weighted by Crippen LogP contribution is 2.51. The molecule has 21 heavy (non-hydrogen) atoms. The van der Waals surface area contributed by atoms with Crippen molar-refractivity contribution in [3.63, 3.8) is 0 Å². The van der Waals surface area contributed by atoms with E-state index in [9.17, 15) is 10.1 Å². The first-order valence-corrected chi connectivity index (χ1v) is 7.61. The standard InChI is InChI=1S/C15H24N4O2/c1-4-9-16-13-6-5-12(19(20)21)14(18-13)17-10-15(7-8-15)11(2)3/h5-6,11H,4,7-10H2,1-3H3,(H2,16,17,18). The fourth-order valence-corrected chi connectivity index (χ4v) is 2.46. The zero-order valence-corrected chi connectivity index (χ0v) is 13.0. The van der Waals surface area contributed by atoms with E-state index in [1.807, 2.05) is 0 Å². The van der Waals surface area contributed by atoms with Gasteiger partial charge in [0.2, 0.25) is 5.82 Å². The van der Waals surface area contributed by atoms with Crippen molar-refractivity contribution in [3.05, 3.63) is 22.2 Å². The first-order valence-electron chi connectivity index (χ1n) is 7.61. The molecule has 1 fully saturated rings. The second kappa shape index (κ2) is 6.28. The van der Waals surface area contributed by atoms with Crippen LogP contribution in [0.15, 0.2) is 12.1 Å². The molecule has 0 spiro atoms. The van der Waals surface area contributed by atoms with Crippen LogP contribution in [-0.2, 0) is 0 Å². The lowest BCUT2D eigenvalue weighted by Gasteiger charge is -2.20. The molecule has 0 radical (unpaired) electrons. The summed E-state index contributed by atoms with van der Waals surface area (Å²) >= 11 is 0. The lowest BCUT2D eigenvalue weighted by atomic mass is 9.92. The summed E-state index contributed by atoms with van der Waals surface area (Å²) in [5, 5.41) is 17.5. The van der Waals surface area contributed by atoms with Gasteiger partial charge in [0, 0.05) is 19.2 Å².